The van der Waals surface area contributed by atoms with Crippen LogP contribution in [0.1, 0.15) is 43.0 Å². The lowest BCUT2D eigenvalue weighted by Gasteiger charge is -2.16. The molecule has 152 valence electrons. The van der Waals surface area contributed by atoms with Crippen LogP contribution in [0.2, 0.25) is 0 Å². The second-order valence-corrected chi connectivity index (χ2v) is 6.78. The van der Waals surface area contributed by atoms with E-state index in [0.29, 0.717) is 5.75 Å². The van der Waals surface area contributed by atoms with Crippen LogP contribution in [-0.4, -0.2) is 35.0 Å². The summed E-state index contributed by atoms with van der Waals surface area (Å²) in [6.45, 7) is 1.40. The Labute approximate surface area is 168 Å². The van der Waals surface area contributed by atoms with Gasteiger partial charge in [0.1, 0.15) is 17.1 Å². The number of carbonyl (C=O) groups is 3. The summed E-state index contributed by atoms with van der Waals surface area (Å²) in [5.41, 5.74) is 0.159. The first-order chi connectivity index (χ1) is 14.0. The monoisotopic (exact) mass is 397 g/mol. The van der Waals surface area contributed by atoms with Crippen LogP contribution in [-0.2, 0) is 9.53 Å². The van der Waals surface area contributed by atoms with Crippen molar-refractivity contribution in [3.63, 3.8) is 0 Å². The second-order valence-electron chi connectivity index (χ2n) is 6.78. The highest BCUT2D eigenvalue weighted by Crippen LogP contribution is 2.25. The first kappa shape index (κ1) is 20.3. The number of benzene rings is 1. The fourth-order valence-electron chi connectivity index (χ4n) is 3.04. The molecular formula is C21H23N3O5. The van der Waals surface area contributed by atoms with Gasteiger partial charge in [-0.2, -0.15) is 0 Å². The molecule has 8 heteroatoms. The predicted molar refractivity (Wildman–Crippen MR) is 105 cm³/mol. The quantitative estimate of drug-likeness (QED) is 0.725. The van der Waals surface area contributed by atoms with Crippen LogP contribution < -0.4 is 15.4 Å². The van der Waals surface area contributed by atoms with Crippen molar-refractivity contribution in [3.05, 3.63) is 54.4 Å². The van der Waals surface area contributed by atoms with E-state index in [-0.39, 0.29) is 17.4 Å². The van der Waals surface area contributed by atoms with Gasteiger partial charge in [0.25, 0.3) is 5.91 Å². The largest absolute Gasteiger partial charge is 0.455 e. The van der Waals surface area contributed by atoms with Crippen LogP contribution in [0.15, 0.2) is 48.8 Å². The van der Waals surface area contributed by atoms with Gasteiger partial charge in [-0.15, -0.1) is 0 Å². The number of nitrogens with zero attached hydrogens (tertiary/aromatic N) is 1. The van der Waals surface area contributed by atoms with Gasteiger partial charge in [-0.3, -0.25) is 15.1 Å². The number of esters is 1. The first-order valence-corrected chi connectivity index (χ1v) is 9.52. The number of pyridine rings is 1. The Balaban J connectivity index is 1.57. The van der Waals surface area contributed by atoms with Gasteiger partial charge < -0.3 is 14.8 Å². The van der Waals surface area contributed by atoms with Crippen LogP contribution in [0.4, 0.5) is 4.79 Å². The van der Waals surface area contributed by atoms with Gasteiger partial charge in [-0.25, -0.2) is 9.59 Å². The molecule has 1 unspecified atom stereocenters. The van der Waals surface area contributed by atoms with E-state index in [4.69, 9.17) is 9.47 Å². The fraction of sp³-hybridized carbons (Fsp3) is 0.333. The third-order valence-electron chi connectivity index (χ3n) is 4.55. The van der Waals surface area contributed by atoms with E-state index in [0.717, 1.165) is 25.7 Å². The number of hydrogen-bond donors (Lipinski definition) is 2. The SMILES string of the molecule is CC(OC(=O)c1ccccc1Oc1cccnc1)C(=O)NC(=O)NC1CCCC1. The summed E-state index contributed by atoms with van der Waals surface area (Å²) in [7, 11) is 0. The van der Waals surface area contributed by atoms with Gasteiger partial charge in [0, 0.05) is 12.2 Å². The molecule has 8 nitrogen and oxygen atoms in total. The summed E-state index contributed by atoms with van der Waals surface area (Å²) >= 11 is 0. The van der Waals surface area contributed by atoms with Crippen LogP contribution in [0, 0.1) is 0 Å². The average Bonchev–Trinajstić information content (AvgIpc) is 3.21. The summed E-state index contributed by atoms with van der Waals surface area (Å²) in [6.07, 6.45) is 5.90. The molecule has 1 atom stereocenters. The molecule has 2 aromatic rings. The van der Waals surface area contributed by atoms with E-state index in [1.54, 1.807) is 36.5 Å². The topological polar surface area (TPSA) is 107 Å². The number of urea groups is 1. The third kappa shape index (κ3) is 5.78. The molecule has 3 rings (SSSR count). The van der Waals surface area contributed by atoms with Crippen molar-refractivity contribution >= 4 is 17.9 Å². The van der Waals surface area contributed by atoms with Crippen molar-refractivity contribution in [2.75, 3.05) is 0 Å². The van der Waals surface area contributed by atoms with E-state index in [2.05, 4.69) is 15.6 Å². The summed E-state index contributed by atoms with van der Waals surface area (Å²) in [5, 5.41) is 4.96. The first-order valence-electron chi connectivity index (χ1n) is 9.52. The number of amides is 3. The standard InChI is InChI=1S/C21H23N3O5/c1-14(19(25)24-21(27)23-15-7-2-3-8-15)28-20(26)17-10-4-5-11-18(17)29-16-9-6-12-22-13-16/h4-6,9-15H,2-3,7-8H2,1H3,(H2,23,24,25,27). The molecule has 3 amide bonds. The molecule has 1 aliphatic rings. The molecule has 29 heavy (non-hydrogen) atoms. The Morgan fingerprint density at radius 1 is 1.10 bits per heavy atom. The maximum absolute atomic E-state index is 12.5. The minimum Gasteiger partial charge on any atom is -0.455 e. The van der Waals surface area contributed by atoms with Crippen molar-refractivity contribution in [1.82, 2.24) is 15.6 Å². The molecule has 1 aromatic carbocycles. The number of hydrogen-bond acceptors (Lipinski definition) is 6. The van der Waals surface area contributed by atoms with Crippen LogP contribution >= 0.6 is 0 Å². The van der Waals surface area contributed by atoms with E-state index >= 15 is 0 Å². The molecule has 1 saturated carbocycles. The second kappa shape index (κ2) is 9.68. The summed E-state index contributed by atoms with van der Waals surface area (Å²) in [6, 6.07) is 9.43. The van der Waals surface area contributed by atoms with Crippen molar-refractivity contribution in [2.45, 2.75) is 44.8 Å². The van der Waals surface area contributed by atoms with Crippen LogP contribution in [0.3, 0.4) is 0 Å². The number of nitrogens with one attached hydrogen (secondary N) is 2. The van der Waals surface area contributed by atoms with Crippen LogP contribution in [0.25, 0.3) is 0 Å². The number of rotatable bonds is 6. The fourth-order valence-corrected chi connectivity index (χ4v) is 3.04. The molecule has 1 aromatic heterocycles. The molecule has 0 aliphatic heterocycles. The number of imide groups is 1. The van der Waals surface area contributed by atoms with Gasteiger partial charge in [-0.05, 0) is 44.0 Å². The highest BCUT2D eigenvalue weighted by atomic mass is 16.5. The lowest BCUT2D eigenvalue weighted by atomic mass is 10.2. The highest BCUT2D eigenvalue weighted by molar-refractivity contribution is 5.99. The van der Waals surface area contributed by atoms with Crippen molar-refractivity contribution in [3.8, 4) is 11.5 Å². The molecule has 1 aliphatic carbocycles. The zero-order valence-electron chi connectivity index (χ0n) is 16.1. The maximum Gasteiger partial charge on any atom is 0.342 e. The number of aromatic nitrogens is 1. The van der Waals surface area contributed by atoms with Crippen molar-refractivity contribution in [1.29, 1.82) is 0 Å². The smallest absolute Gasteiger partial charge is 0.342 e. The molecule has 0 spiro atoms. The van der Waals surface area contributed by atoms with Crippen LogP contribution in [0.5, 0.6) is 11.5 Å². The van der Waals surface area contributed by atoms with E-state index in [1.165, 1.54) is 19.2 Å². The van der Waals surface area contributed by atoms with Gasteiger partial charge >= 0.3 is 12.0 Å². The van der Waals surface area contributed by atoms with E-state index in [1.807, 2.05) is 0 Å². The molecular weight excluding hydrogens is 374 g/mol. The minimum absolute atomic E-state index is 0.0807. The summed E-state index contributed by atoms with van der Waals surface area (Å²) in [5.74, 6) is -0.693. The highest BCUT2D eigenvalue weighted by Gasteiger charge is 2.24. The molecule has 0 radical (unpaired) electrons. The Bertz CT molecular complexity index is 866. The Kier molecular flexibility index (Phi) is 6.78. The normalized spacial score (nSPS) is 14.7. The van der Waals surface area contributed by atoms with E-state index < -0.39 is 24.0 Å². The lowest BCUT2D eigenvalue weighted by molar-refractivity contribution is -0.127. The molecule has 1 heterocycles. The van der Waals surface area contributed by atoms with E-state index in [9.17, 15) is 14.4 Å². The van der Waals surface area contributed by atoms with Crippen molar-refractivity contribution in [2.24, 2.45) is 0 Å². The Morgan fingerprint density at radius 2 is 1.86 bits per heavy atom. The number of para-hydroxylation sites is 1. The lowest BCUT2D eigenvalue weighted by Crippen LogP contribution is -2.47. The summed E-state index contributed by atoms with van der Waals surface area (Å²) in [4.78, 5) is 40.6. The predicted octanol–water partition coefficient (Wildman–Crippen LogP) is 3.19. The minimum atomic E-state index is -1.15. The zero-order valence-corrected chi connectivity index (χ0v) is 16.1. The maximum atomic E-state index is 12.5. The average molecular weight is 397 g/mol. The molecule has 0 bridgehead atoms. The van der Waals surface area contributed by atoms with Gasteiger partial charge in [0.15, 0.2) is 6.10 Å². The molecule has 2 N–H and O–H groups in total. The summed E-state index contributed by atoms with van der Waals surface area (Å²) < 4.78 is 10.9. The Hall–Kier alpha value is -3.42. The zero-order chi connectivity index (χ0) is 20.6. The number of carbonyl (C=O) groups excluding carboxylic acids is 3. The molecule has 1 fully saturated rings. The van der Waals surface area contributed by atoms with Crippen molar-refractivity contribution < 1.29 is 23.9 Å². The van der Waals surface area contributed by atoms with Gasteiger partial charge in [-0.1, -0.05) is 25.0 Å². The Morgan fingerprint density at radius 3 is 2.59 bits per heavy atom. The van der Waals surface area contributed by atoms with Gasteiger partial charge in [0.05, 0.1) is 6.20 Å². The molecule has 0 saturated heterocycles. The van der Waals surface area contributed by atoms with Gasteiger partial charge in [0.2, 0.25) is 0 Å². The third-order valence-corrected chi connectivity index (χ3v) is 4.55. The number of ether oxygens (including phenoxy) is 2.